The number of carbonyl (C=O) groups is 1. The van der Waals surface area contributed by atoms with Crippen LogP contribution in [-0.4, -0.2) is 28.1 Å². The zero-order valence-corrected chi connectivity index (χ0v) is 18.1. The molecule has 1 N–H and O–H groups in total. The van der Waals surface area contributed by atoms with Gasteiger partial charge in [-0.15, -0.1) is 0 Å². The van der Waals surface area contributed by atoms with Crippen LogP contribution in [0.3, 0.4) is 0 Å². The summed E-state index contributed by atoms with van der Waals surface area (Å²) in [5, 5.41) is 11.2. The van der Waals surface area contributed by atoms with Gasteiger partial charge in [-0.1, -0.05) is 71.8 Å². The lowest BCUT2D eigenvalue weighted by molar-refractivity contribution is -0.137. The molecule has 31 heavy (non-hydrogen) atoms. The molecule has 1 amide bonds. The number of rotatable bonds is 6. The topological polar surface area (TPSA) is 49.8 Å². The molecular weight excluding hydrogens is 410 g/mol. The predicted octanol–water partition coefficient (Wildman–Crippen LogP) is 5.05. The molecule has 1 unspecified atom stereocenters. The van der Waals surface area contributed by atoms with Gasteiger partial charge < -0.3 is 9.84 Å². The summed E-state index contributed by atoms with van der Waals surface area (Å²) >= 11 is 6.17. The molecule has 158 valence electrons. The van der Waals surface area contributed by atoms with Crippen molar-refractivity contribution < 1.29 is 14.6 Å². The molecule has 0 bridgehead atoms. The number of carbonyl (C=O) groups excluding carboxylic acids is 1. The number of ether oxygens (including phenoxy) is 1. The van der Waals surface area contributed by atoms with Gasteiger partial charge in [0, 0.05) is 28.3 Å². The highest BCUT2D eigenvalue weighted by Gasteiger charge is 2.54. The Hall–Kier alpha value is -2.66. The van der Waals surface area contributed by atoms with Gasteiger partial charge in [0.2, 0.25) is 0 Å². The van der Waals surface area contributed by atoms with Crippen LogP contribution in [0.1, 0.15) is 45.5 Å². The molecule has 1 aliphatic heterocycles. The summed E-state index contributed by atoms with van der Waals surface area (Å²) in [6.45, 7) is 2.58. The second-order valence-electron chi connectivity index (χ2n) is 8.59. The van der Waals surface area contributed by atoms with Crippen LogP contribution in [0.2, 0.25) is 5.02 Å². The number of halogens is 1. The van der Waals surface area contributed by atoms with E-state index >= 15 is 0 Å². The van der Waals surface area contributed by atoms with E-state index in [9.17, 15) is 9.90 Å². The van der Waals surface area contributed by atoms with E-state index in [1.807, 2.05) is 79.7 Å². The number of aryl methyl sites for hydroxylation is 1. The van der Waals surface area contributed by atoms with Gasteiger partial charge >= 0.3 is 0 Å². The van der Waals surface area contributed by atoms with Crippen molar-refractivity contribution >= 4 is 17.5 Å². The zero-order chi connectivity index (χ0) is 21.6. The second-order valence-corrected chi connectivity index (χ2v) is 9.02. The third-order valence-electron chi connectivity index (χ3n) is 6.22. The van der Waals surface area contributed by atoms with E-state index in [4.69, 9.17) is 16.3 Å². The molecule has 1 saturated carbocycles. The molecule has 0 saturated heterocycles. The van der Waals surface area contributed by atoms with Gasteiger partial charge in [0.1, 0.15) is 0 Å². The van der Waals surface area contributed by atoms with Crippen LogP contribution in [0.25, 0.3) is 0 Å². The number of benzene rings is 3. The fourth-order valence-corrected chi connectivity index (χ4v) is 4.34. The molecule has 1 fully saturated rings. The van der Waals surface area contributed by atoms with Gasteiger partial charge in [-0.3, -0.25) is 9.69 Å². The maximum Gasteiger partial charge on any atom is 0.257 e. The molecule has 2 aliphatic rings. The quantitative estimate of drug-likeness (QED) is 0.592. The van der Waals surface area contributed by atoms with Crippen LogP contribution in [0.15, 0.2) is 72.8 Å². The first-order valence-corrected chi connectivity index (χ1v) is 10.9. The average Bonchev–Trinajstić information content (AvgIpc) is 3.47. The van der Waals surface area contributed by atoms with Gasteiger partial charge in [-0.25, -0.2) is 0 Å². The van der Waals surface area contributed by atoms with Crippen LogP contribution in [-0.2, 0) is 17.0 Å². The monoisotopic (exact) mass is 433 g/mol. The summed E-state index contributed by atoms with van der Waals surface area (Å²) in [5.41, 5.74) is 2.43. The SMILES string of the molecule is Cc1ccc(CN2C(=O)c3ccccc3C2(OCC2(O)CC2)c2ccc(Cl)cc2)cc1. The fraction of sp³-hybridized carbons (Fsp3) is 0.269. The van der Waals surface area contributed by atoms with E-state index in [0.29, 0.717) is 30.0 Å². The van der Waals surface area contributed by atoms with E-state index in [1.54, 1.807) is 4.90 Å². The smallest absolute Gasteiger partial charge is 0.257 e. The van der Waals surface area contributed by atoms with Gasteiger partial charge in [-0.2, -0.15) is 0 Å². The molecule has 0 radical (unpaired) electrons. The average molecular weight is 434 g/mol. The van der Waals surface area contributed by atoms with Crippen molar-refractivity contribution in [2.24, 2.45) is 0 Å². The minimum Gasteiger partial charge on any atom is -0.387 e. The molecule has 1 atom stereocenters. The molecule has 1 aliphatic carbocycles. The van der Waals surface area contributed by atoms with E-state index in [2.05, 4.69) is 0 Å². The molecule has 5 rings (SSSR count). The lowest BCUT2D eigenvalue weighted by Crippen LogP contribution is -2.47. The molecule has 0 spiro atoms. The first-order valence-electron chi connectivity index (χ1n) is 10.5. The standard InChI is InChI=1S/C26H24ClNO3/c1-18-6-8-19(9-7-18)16-28-24(29)22-4-2-3-5-23(22)26(28,31-17-25(30)14-15-25)20-10-12-21(27)13-11-20/h2-13,30H,14-17H2,1H3. The number of amides is 1. The Morgan fingerprint density at radius 3 is 2.35 bits per heavy atom. The molecule has 4 nitrogen and oxygen atoms in total. The molecule has 3 aromatic rings. The Morgan fingerprint density at radius 2 is 1.68 bits per heavy atom. The summed E-state index contributed by atoms with van der Waals surface area (Å²) in [6, 6.07) is 23.1. The number of nitrogens with zero attached hydrogens (tertiary/aromatic N) is 1. The number of fused-ring (bicyclic) bond motifs is 1. The highest BCUT2D eigenvalue weighted by atomic mass is 35.5. The molecule has 5 heteroatoms. The normalized spacial score (nSPS) is 21.3. The van der Waals surface area contributed by atoms with Crippen LogP contribution < -0.4 is 0 Å². The third kappa shape index (κ3) is 3.55. The van der Waals surface area contributed by atoms with Gasteiger partial charge in [0.25, 0.3) is 5.91 Å². The second kappa shape index (κ2) is 7.49. The molecule has 1 heterocycles. The highest BCUT2D eigenvalue weighted by Crippen LogP contribution is 2.48. The highest BCUT2D eigenvalue weighted by molar-refractivity contribution is 6.30. The first kappa shape index (κ1) is 20.3. The molecule has 0 aromatic heterocycles. The minimum absolute atomic E-state index is 0.0890. The van der Waals surface area contributed by atoms with Crippen LogP contribution >= 0.6 is 11.6 Å². The van der Waals surface area contributed by atoms with Crippen LogP contribution in [0.4, 0.5) is 0 Å². The fourth-order valence-electron chi connectivity index (χ4n) is 4.21. The molecule has 3 aromatic carbocycles. The Kier molecular flexibility index (Phi) is 4.89. The van der Waals surface area contributed by atoms with Crippen molar-refractivity contribution in [2.45, 2.75) is 37.6 Å². The molecular formula is C26H24ClNO3. The van der Waals surface area contributed by atoms with Crippen LogP contribution in [0, 0.1) is 6.92 Å². The predicted molar refractivity (Wildman–Crippen MR) is 120 cm³/mol. The third-order valence-corrected chi connectivity index (χ3v) is 6.47. The zero-order valence-electron chi connectivity index (χ0n) is 17.3. The first-order chi connectivity index (χ1) is 14.9. The minimum atomic E-state index is -1.14. The lowest BCUT2D eigenvalue weighted by Gasteiger charge is -2.40. The van der Waals surface area contributed by atoms with Crippen LogP contribution in [0.5, 0.6) is 0 Å². The van der Waals surface area contributed by atoms with Gasteiger partial charge in [0.05, 0.1) is 12.2 Å². The Labute approximate surface area is 187 Å². The lowest BCUT2D eigenvalue weighted by atomic mass is 9.93. The van der Waals surface area contributed by atoms with Crippen molar-refractivity contribution in [1.82, 2.24) is 4.90 Å². The van der Waals surface area contributed by atoms with E-state index < -0.39 is 11.3 Å². The van der Waals surface area contributed by atoms with Crippen molar-refractivity contribution in [2.75, 3.05) is 6.61 Å². The Morgan fingerprint density at radius 1 is 1.00 bits per heavy atom. The van der Waals surface area contributed by atoms with Crippen molar-refractivity contribution in [3.63, 3.8) is 0 Å². The number of aliphatic hydroxyl groups is 1. The van der Waals surface area contributed by atoms with Crippen molar-refractivity contribution in [3.05, 3.63) is 106 Å². The summed E-state index contributed by atoms with van der Waals surface area (Å²) in [6.07, 6.45) is 1.41. The summed E-state index contributed by atoms with van der Waals surface area (Å²) in [4.78, 5) is 15.4. The van der Waals surface area contributed by atoms with Gasteiger partial charge in [-0.05, 0) is 43.5 Å². The van der Waals surface area contributed by atoms with Crippen molar-refractivity contribution in [3.8, 4) is 0 Å². The number of hydrogen-bond acceptors (Lipinski definition) is 3. The summed E-state index contributed by atoms with van der Waals surface area (Å²) in [5.74, 6) is -0.0890. The van der Waals surface area contributed by atoms with E-state index in [0.717, 1.165) is 22.3 Å². The van der Waals surface area contributed by atoms with Gasteiger partial charge in [0.15, 0.2) is 5.72 Å². The Bertz CT molecular complexity index is 1120. The van der Waals surface area contributed by atoms with Crippen molar-refractivity contribution in [1.29, 1.82) is 0 Å². The largest absolute Gasteiger partial charge is 0.387 e. The van der Waals surface area contributed by atoms with E-state index in [-0.39, 0.29) is 12.5 Å². The maximum absolute atomic E-state index is 13.6. The Balaban J connectivity index is 1.66. The maximum atomic E-state index is 13.6. The number of hydrogen-bond donors (Lipinski definition) is 1. The summed E-state index contributed by atoms with van der Waals surface area (Å²) in [7, 11) is 0. The summed E-state index contributed by atoms with van der Waals surface area (Å²) < 4.78 is 6.56. The van der Waals surface area contributed by atoms with E-state index in [1.165, 1.54) is 0 Å².